The molecule has 1 aromatic rings. The summed E-state index contributed by atoms with van der Waals surface area (Å²) in [7, 11) is 0. The minimum Gasteiger partial charge on any atom is -0.354 e. The zero-order chi connectivity index (χ0) is 14.1. The highest BCUT2D eigenvalue weighted by atomic mass is 15.3. The van der Waals surface area contributed by atoms with Gasteiger partial charge in [0.15, 0.2) is 0 Å². The molecule has 4 heteroatoms. The maximum Gasteiger partial charge on any atom is 0.133 e. The molecule has 0 amide bonds. The van der Waals surface area contributed by atoms with Crippen LogP contribution in [0.1, 0.15) is 44.1 Å². The zero-order valence-corrected chi connectivity index (χ0v) is 13.0. The summed E-state index contributed by atoms with van der Waals surface area (Å²) in [4.78, 5) is 14.3. The number of hydrogen-bond donors (Lipinski definition) is 0. The molecule has 4 nitrogen and oxygen atoms in total. The molecule has 0 bridgehead atoms. The Balaban J connectivity index is 1.64. The Bertz CT molecular complexity index is 460. The third-order valence-corrected chi connectivity index (χ3v) is 4.28. The summed E-state index contributed by atoms with van der Waals surface area (Å²) >= 11 is 0. The lowest BCUT2D eigenvalue weighted by molar-refractivity contribution is 0.247. The fraction of sp³-hybridized carbons (Fsp3) is 0.750. The first-order valence-corrected chi connectivity index (χ1v) is 7.94. The molecule has 2 heterocycles. The summed E-state index contributed by atoms with van der Waals surface area (Å²) in [6.07, 6.45) is 2.89. The van der Waals surface area contributed by atoms with E-state index < -0.39 is 0 Å². The highest BCUT2D eigenvalue weighted by Gasteiger charge is 2.26. The van der Waals surface area contributed by atoms with Gasteiger partial charge >= 0.3 is 0 Å². The molecular formula is C16H26N4. The SMILES string of the molecule is Cc1cc(N2CCN(CC3CC3)CC2)nc(C(C)C)n1. The molecule has 3 rings (SSSR count). The molecule has 0 aromatic carbocycles. The van der Waals surface area contributed by atoms with Gasteiger partial charge in [0.1, 0.15) is 11.6 Å². The zero-order valence-electron chi connectivity index (χ0n) is 13.0. The van der Waals surface area contributed by atoms with Gasteiger partial charge < -0.3 is 4.90 Å². The molecule has 1 aliphatic heterocycles. The maximum absolute atomic E-state index is 4.75. The quantitative estimate of drug-likeness (QED) is 0.844. The molecule has 1 saturated heterocycles. The van der Waals surface area contributed by atoms with Crippen LogP contribution in [0.25, 0.3) is 0 Å². The Morgan fingerprint density at radius 3 is 2.45 bits per heavy atom. The van der Waals surface area contributed by atoms with Crippen molar-refractivity contribution in [1.82, 2.24) is 14.9 Å². The van der Waals surface area contributed by atoms with Crippen LogP contribution in [-0.4, -0.2) is 47.6 Å². The van der Waals surface area contributed by atoms with Crippen LogP contribution in [0.2, 0.25) is 0 Å². The number of nitrogens with zero attached hydrogens (tertiary/aromatic N) is 4. The van der Waals surface area contributed by atoms with Gasteiger partial charge in [-0.1, -0.05) is 13.8 Å². The van der Waals surface area contributed by atoms with E-state index in [1.54, 1.807) is 0 Å². The van der Waals surface area contributed by atoms with E-state index in [1.807, 2.05) is 0 Å². The molecule has 2 aliphatic rings. The van der Waals surface area contributed by atoms with Crippen LogP contribution < -0.4 is 4.90 Å². The maximum atomic E-state index is 4.75. The molecule has 110 valence electrons. The van der Waals surface area contributed by atoms with E-state index in [0.29, 0.717) is 5.92 Å². The van der Waals surface area contributed by atoms with Crippen LogP contribution in [0.5, 0.6) is 0 Å². The van der Waals surface area contributed by atoms with Crippen molar-refractivity contribution in [3.8, 4) is 0 Å². The van der Waals surface area contributed by atoms with Crippen molar-refractivity contribution in [3.63, 3.8) is 0 Å². The molecule has 0 N–H and O–H groups in total. The van der Waals surface area contributed by atoms with Gasteiger partial charge in [-0.05, 0) is 25.7 Å². The van der Waals surface area contributed by atoms with Gasteiger partial charge in [-0.15, -0.1) is 0 Å². The van der Waals surface area contributed by atoms with Gasteiger partial charge in [-0.25, -0.2) is 9.97 Å². The van der Waals surface area contributed by atoms with E-state index in [9.17, 15) is 0 Å². The van der Waals surface area contributed by atoms with Crippen molar-refractivity contribution >= 4 is 5.82 Å². The average Bonchev–Trinajstić information content (AvgIpc) is 3.23. The topological polar surface area (TPSA) is 32.3 Å². The monoisotopic (exact) mass is 274 g/mol. The molecule has 0 unspecified atom stereocenters. The Labute approximate surface area is 122 Å². The summed E-state index contributed by atoms with van der Waals surface area (Å²) in [6, 6.07) is 2.13. The van der Waals surface area contributed by atoms with E-state index in [1.165, 1.54) is 32.5 Å². The fourth-order valence-corrected chi connectivity index (χ4v) is 2.82. The number of rotatable bonds is 4. The Hall–Kier alpha value is -1.16. The average molecular weight is 274 g/mol. The van der Waals surface area contributed by atoms with Gasteiger partial charge in [0.05, 0.1) is 0 Å². The molecular weight excluding hydrogens is 248 g/mol. The van der Waals surface area contributed by atoms with E-state index >= 15 is 0 Å². The number of hydrogen-bond acceptors (Lipinski definition) is 4. The van der Waals surface area contributed by atoms with Crippen molar-refractivity contribution in [2.45, 2.75) is 39.5 Å². The van der Waals surface area contributed by atoms with Crippen LogP contribution >= 0.6 is 0 Å². The third kappa shape index (κ3) is 3.29. The van der Waals surface area contributed by atoms with Crippen LogP contribution in [0.3, 0.4) is 0 Å². The number of aromatic nitrogens is 2. The van der Waals surface area contributed by atoms with Crippen molar-refractivity contribution in [2.75, 3.05) is 37.6 Å². The minimum atomic E-state index is 0.393. The van der Waals surface area contributed by atoms with Crippen molar-refractivity contribution in [3.05, 3.63) is 17.6 Å². The van der Waals surface area contributed by atoms with Crippen molar-refractivity contribution in [1.29, 1.82) is 0 Å². The lowest BCUT2D eigenvalue weighted by Crippen LogP contribution is -2.47. The summed E-state index contributed by atoms with van der Waals surface area (Å²) in [5.41, 5.74) is 1.08. The second-order valence-corrected chi connectivity index (χ2v) is 6.61. The molecule has 0 atom stereocenters. The van der Waals surface area contributed by atoms with E-state index in [2.05, 4.69) is 41.6 Å². The third-order valence-electron chi connectivity index (χ3n) is 4.28. The van der Waals surface area contributed by atoms with Gasteiger partial charge in [-0.3, -0.25) is 4.90 Å². The second kappa shape index (κ2) is 5.68. The molecule has 20 heavy (non-hydrogen) atoms. The van der Waals surface area contributed by atoms with Crippen molar-refractivity contribution < 1.29 is 0 Å². The largest absolute Gasteiger partial charge is 0.354 e. The first-order chi connectivity index (χ1) is 9.61. The van der Waals surface area contributed by atoms with Crippen LogP contribution in [0, 0.1) is 12.8 Å². The molecule has 1 saturated carbocycles. The van der Waals surface area contributed by atoms with Crippen LogP contribution in [-0.2, 0) is 0 Å². The van der Waals surface area contributed by atoms with Gasteiger partial charge in [0.2, 0.25) is 0 Å². The minimum absolute atomic E-state index is 0.393. The van der Waals surface area contributed by atoms with Gasteiger partial charge in [-0.2, -0.15) is 0 Å². The first kappa shape index (κ1) is 13.8. The highest BCUT2D eigenvalue weighted by Crippen LogP contribution is 2.30. The first-order valence-electron chi connectivity index (χ1n) is 7.94. The predicted molar refractivity (Wildman–Crippen MR) is 82.2 cm³/mol. The summed E-state index contributed by atoms with van der Waals surface area (Å²) in [6.45, 7) is 12.3. The summed E-state index contributed by atoms with van der Waals surface area (Å²) in [5, 5.41) is 0. The normalized spacial score (nSPS) is 20.7. The standard InChI is InChI=1S/C16H26N4/c1-12(2)16-17-13(3)10-15(18-16)20-8-6-19(7-9-20)11-14-4-5-14/h10,12,14H,4-9,11H2,1-3H3. The molecule has 0 spiro atoms. The summed E-state index contributed by atoms with van der Waals surface area (Å²) < 4.78 is 0. The highest BCUT2D eigenvalue weighted by molar-refractivity contribution is 5.40. The van der Waals surface area contributed by atoms with E-state index in [-0.39, 0.29) is 0 Å². The molecule has 1 aliphatic carbocycles. The van der Waals surface area contributed by atoms with Crippen molar-refractivity contribution in [2.24, 2.45) is 5.92 Å². The van der Waals surface area contributed by atoms with Gasteiger partial charge in [0, 0.05) is 50.4 Å². The number of piperazine rings is 1. The number of aryl methyl sites for hydroxylation is 1. The molecule has 0 radical (unpaired) electrons. The van der Waals surface area contributed by atoms with E-state index in [4.69, 9.17) is 4.98 Å². The van der Waals surface area contributed by atoms with E-state index in [0.717, 1.165) is 36.3 Å². The smallest absolute Gasteiger partial charge is 0.133 e. The fourth-order valence-electron chi connectivity index (χ4n) is 2.82. The van der Waals surface area contributed by atoms with Gasteiger partial charge in [0.25, 0.3) is 0 Å². The number of anilines is 1. The Morgan fingerprint density at radius 2 is 1.85 bits per heavy atom. The lowest BCUT2D eigenvalue weighted by Gasteiger charge is -2.35. The summed E-state index contributed by atoms with van der Waals surface area (Å²) in [5.74, 6) is 3.48. The Morgan fingerprint density at radius 1 is 1.15 bits per heavy atom. The molecule has 2 fully saturated rings. The molecule has 1 aromatic heterocycles. The second-order valence-electron chi connectivity index (χ2n) is 6.61. The lowest BCUT2D eigenvalue weighted by atomic mass is 10.2. The van der Waals surface area contributed by atoms with Crippen LogP contribution in [0.15, 0.2) is 6.07 Å². The predicted octanol–water partition coefficient (Wildman–Crippen LogP) is 2.44. The van der Waals surface area contributed by atoms with Crippen LogP contribution in [0.4, 0.5) is 5.82 Å². The Kier molecular flexibility index (Phi) is 3.92.